The molecule has 2 N–H and O–H groups in total. The van der Waals surface area contributed by atoms with Crippen molar-refractivity contribution in [3.05, 3.63) is 67.5 Å². The van der Waals surface area contributed by atoms with Gasteiger partial charge in [-0.3, -0.25) is 14.7 Å². The van der Waals surface area contributed by atoms with Crippen LogP contribution in [0.3, 0.4) is 0 Å². The smallest absolute Gasteiger partial charge is 0.310 e. The molecule has 1 aromatic carbocycles. The molecule has 0 aliphatic carbocycles. The number of aromatic amines is 2. The van der Waals surface area contributed by atoms with Crippen LogP contribution < -0.4 is 11.2 Å². The van der Waals surface area contributed by atoms with E-state index in [1.807, 2.05) is 0 Å². The fourth-order valence-corrected chi connectivity index (χ4v) is 3.09. The number of aromatic nitrogens is 2. The van der Waals surface area contributed by atoms with E-state index < -0.39 is 17.4 Å². The third kappa shape index (κ3) is 4.19. The summed E-state index contributed by atoms with van der Waals surface area (Å²) in [5.41, 5.74) is 0.653. The molecule has 134 valence electrons. The summed E-state index contributed by atoms with van der Waals surface area (Å²) in [5, 5.41) is 0. The number of nitrogens with one attached hydrogen (secondary N) is 2. The molecule has 0 saturated carbocycles. The number of hydrogen-bond acceptors (Lipinski definition) is 3. The van der Waals surface area contributed by atoms with Crippen molar-refractivity contribution >= 4 is 0 Å². The predicted octanol–water partition coefficient (Wildman–Crippen LogP) is 2.07. The maximum absolute atomic E-state index is 12.5. The minimum absolute atomic E-state index is 0.330. The molecule has 0 unspecified atom stereocenters. The van der Waals surface area contributed by atoms with Gasteiger partial charge in [-0.15, -0.1) is 0 Å². The summed E-state index contributed by atoms with van der Waals surface area (Å²) in [4.78, 5) is 30.1. The van der Waals surface area contributed by atoms with Crippen molar-refractivity contribution in [2.45, 2.75) is 32.0 Å². The molecule has 0 amide bonds. The van der Waals surface area contributed by atoms with Crippen molar-refractivity contribution < 1.29 is 13.2 Å². The van der Waals surface area contributed by atoms with Crippen molar-refractivity contribution in [1.82, 2.24) is 14.9 Å². The Labute approximate surface area is 141 Å². The van der Waals surface area contributed by atoms with Crippen LogP contribution in [0.25, 0.3) is 0 Å². The Bertz CT molecular complexity index is 853. The molecule has 0 atom stereocenters. The molecule has 2 heterocycles. The number of hydrogen-bond donors (Lipinski definition) is 2. The monoisotopic (exact) mass is 353 g/mol. The van der Waals surface area contributed by atoms with Crippen LogP contribution in [0, 0.1) is 0 Å². The second kappa shape index (κ2) is 6.87. The lowest BCUT2D eigenvalue weighted by Gasteiger charge is -2.27. The largest absolute Gasteiger partial charge is 0.416 e. The van der Waals surface area contributed by atoms with E-state index in [1.165, 1.54) is 12.1 Å². The molecular formula is C17H18F3N3O2. The summed E-state index contributed by atoms with van der Waals surface area (Å²) >= 11 is 0. The van der Waals surface area contributed by atoms with Gasteiger partial charge in [-0.05, 0) is 43.5 Å². The molecule has 1 aliphatic rings. The Morgan fingerprint density at radius 1 is 1.08 bits per heavy atom. The van der Waals surface area contributed by atoms with Crippen LogP contribution in [-0.2, 0) is 25.6 Å². The number of fused-ring (bicyclic) bond motifs is 1. The average molecular weight is 353 g/mol. The molecule has 8 heteroatoms. The maximum atomic E-state index is 12.5. The predicted molar refractivity (Wildman–Crippen MR) is 86.4 cm³/mol. The fourth-order valence-electron chi connectivity index (χ4n) is 3.09. The Balaban J connectivity index is 1.55. The lowest BCUT2D eigenvalue weighted by atomic mass is 10.0. The summed E-state index contributed by atoms with van der Waals surface area (Å²) in [5.74, 6) is 0. The average Bonchev–Trinajstić information content (AvgIpc) is 2.54. The lowest BCUT2D eigenvalue weighted by Crippen LogP contribution is -2.38. The van der Waals surface area contributed by atoms with Crippen LogP contribution >= 0.6 is 0 Å². The van der Waals surface area contributed by atoms with E-state index in [0.29, 0.717) is 30.6 Å². The molecule has 0 fully saturated rings. The molecule has 0 saturated heterocycles. The Morgan fingerprint density at radius 3 is 2.48 bits per heavy atom. The van der Waals surface area contributed by atoms with E-state index in [-0.39, 0.29) is 5.56 Å². The van der Waals surface area contributed by atoms with Gasteiger partial charge in [0.15, 0.2) is 0 Å². The van der Waals surface area contributed by atoms with Crippen LogP contribution in [0.4, 0.5) is 13.2 Å². The second-order valence-corrected chi connectivity index (χ2v) is 6.19. The van der Waals surface area contributed by atoms with Gasteiger partial charge in [0.1, 0.15) is 0 Å². The minimum Gasteiger partial charge on any atom is -0.310 e. The van der Waals surface area contributed by atoms with Crippen LogP contribution in [-0.4, -0.2) is 28.0 Å². The molecule has 3 rings (SSSR count). The van der Waals surface area contributed by atoms with Gasteiger partial charge >= 0.3 is 11.9 Å². The molecule has 2 aromatic rings. The fraction of sp³-hybridized carbons (Fsp3) is 0.412. The van der Waals surface area contributed by atoms with E-state index in [0.717, 1.165) is 37.2 Å². The third-order valence-electron chi connectivity index (χ3n) is 4.41. The van der Waals surface area contributed by atoms with Crippen LogP contribution in [0.1, 0.15) is 28.8 Å². The highest BCUT2D eigenvalue weighted by molar-refractivity contribution is 5.24. The summed E-state index contributed by atoms with van der Waals surface area (Å²) in [6, 6.07) is 5.21. The first-order chi connectivity index (χ1) is 11.8. The SMILES string of the molecule is O=c1[nH]c2c(c(=O)[nH]1)CCN(CCCc1ccc(C(F)(F)F)cc1)C2. The van der Waals surface area contributed by atoms with Crippen molar-refractivity contribution in [1.29, 1.82) is 0 Å². The molecule has 1 aliphatic heterocycles. The standard InChI is InChI=1S/C17H18F3N3O2/c18-17(19,20)12-5-3-11(4-6-12)2-1-8-23-9-7-13-14(10-23)21-16(25)22-15(13)24/h3-6H,1-2,7-10H2,(H2,21,22,24,25). The Hall–Kier alpha value is -2.35. The molecule has 25 heavy (non-hydrogen) atoms. The Morgan fingerprint density at radius 2 is 1.80 bits per heavy atom. The highest BCUT2D eigenvalue weighted by atomic mass is 19.4. The zero-order valence-electron chi connectivity index (χ0n) is 13.4. The lowest BCUT2D eigenvalue weighted by molar-refractivity contribution is -0.137. The van der Waals surface area contributed by atoms with Gasteiger partial charge in [-0.2, -0.15) is 13.2 Å². The molecule has 5 nitrogen and oxygen atoms in total. The number of alkyl halides is 3. The van der Waals surface area contributed by atoms with Crippen LogP contribution in [0.15, 0.2) is 33.9 Å². The van der Waals surface area contributed by atoms with Gasteiger partial charge in [-0.25, -0.2) is 4.79 Å². The Kier molecular flexibility index (Phi) is 4.80. The first-order valence-corrected chi connectivity index (χ1v) is 8.06. The van der Waals surface area contributed by atoms with E-state index >= 15 is 0 Å². The molecular weight excluding hydrogens is 335 g/mol. The molecule has 0 spiro atoms. The van der Waals surface area contributed by atoms with Gasteiger partial charge in [0.05, 0.1) is 5.56 Å². The van der Waals surface area contributed by atoms with Crippen molar-refractivity contribution in [2.24, 2.45) is 0 Å². The maximum Gasteiger partial charge on any atom is 0.416 e. The summed E-state index contributed by atoms with van der Waals surface area (Å²) in [6.45, 7) is 1.96. The minimum atomic E-state index is -4.31. The zero-order valence-corrected chi connectivity index (χ0v) is 13.4. The number of H-pyrrole nitrogens is 2. The van der Waals surface area contributed by atoms with Crippen molar-refractivity contribution in [3.8, 4) is 0 Å². The molecule has 0 bridgehead atoms. The normalized spacial score (nSPS) is 15.2. The number of aryl methyl sites for hydroxylation is 1. The first kappa shape index (κ1) is 17.5. The van der Waals surface area contributed by atoms with Gasteiger partial charge in [0, 0.05) is 24.3 Å². The van der Waals surface area contributed by atoms with Gasteiger partial charge in [0.25, 0.3) is 5.56 Å². The van der Waals surface area contributed by atoms with E-state index in [2.05, 4.69) is 14.9 Å². The first-order valence-electron chi connectivity index (χ1n) is 8.06. The van der Waals surface area contributed by atoms with Gasteiger partial charge < -0.3 is 4.98 Å². The molecule has 1 aromatic heterocycles. The van der Waals surface area contributed by atoms with Crippen molar-refractivity contribution in [3.63, 3.8) is 0 Å². The van der Waals surface area contributed by atoms with Crippen LogP contribution in [0.2, 0.25) is 0 Å². The number of rotatable bonds is 4. The van der Waals surface area contributed by atoms with E-state index in [9.17, 15) is 22.8 Å². The topological polar surface area (TPSA) is 69.0 Å². The third-order valence-corrected chi connectivity index (χ3v) is 4.41. The van der Waals surface area contributed by atoms with Gasteiger partial charge in [0.2, 0.25) is 0 Å². The summed E-state index contributed by atoms with van der Waals surface area (Å²) < 4.78 is 37.6. The van der Waals surface area contributed by atoms with E-state index in [4.69, 9.17) is 0 Å². The van der Waals surface area contributed by atoms with Crippen LogP contribution in [0.5, 0.6) is 0 Å². The van der Waals surface area contributed by atoms with Crippen molar-refractivity contribution in [2.75, 3.05) is 13.1 Å². The second-order valence-electron chi connectivity index (χ2n) is 6.19. The molecule has 0 radical (unpaired) electrons. The van der Waals surface area contributed by atoms with Gasteiger partial charge in [-0.1, -0.05) is 12.1 Å². The number of benzene rings is 1. The highest BCUT2D eigenvalue weighted by Crippen LogP contribution is 2.29. The van der Waals surface area contributed by atoms with E-state index in [1.54, 1.807) is 0 Å². The quantitative estimate of drug-likeness (QED) is 0.884. The summed E-state index contributed by atoms with van der Waals surface area (Å²) in [6.07, 6.45) is -2.28. The number of halogens is 3. The highest BCUT2D eigenvalue weighted by Gasteiger charge is 2.29. The number of nitrogens with zero attached hydrogens (tertiary/aromatic N) is 1. The summed E-state index contributed by atoms with van der Waals surface area (Å²) in [7, 11) is 0. The zero-order chi connectivity index (χ0) is 18.0.